The molecule has 0 spiro atoms. The highest BCUT2D eigenvalue weighted by Crippen LogP contribution is 2.21. The minimum Gasteiger partial charge on any atom is -0.350 e. The normalized spacial score (nSPS) is 13.0. The van der Waals surface area contributed by atoms with Gasteiger partial charge in [-0.05, 0) is 38.0 Å². The van der Waals surface area contributed by atoms with Crippen molar-refractivity contribution in [3.8, 4) is 0 Å². The molecule has 1 rings (SSSR count). The third-order valence-corrected chi connectivity index (χ3v) is 4.80. The number of benzene rings is 1. The molecule has 0 fully saturated rings. The lowest BCUT2D eigenvalue weighted by Gasteiger charge is -2.14. The van der Waals surface area contributed by atoms with E-state index in [0.717, 1.165) is 25.7 Å². The SMILES string of the molecule is CCCCCC(C)NC(=O)c1ccc(C)c(S(=O)(=O)Cl)c1. The summed E-state index contributed by atoms with van der Waals surface area (Å²) >= 11 is 0. The van der Waals surface area contributed by atoms with E-state index in [1.54, 1.807) is 19.1 Å². The summed E-state index contributed by atoms with van der Waals surface area (Å²) in [5.41, 5.74) is 0.833. The lowest BCUT2D eigenvalue weighted by Crippen LogP contribution is -2.32. The highest BCUT2D eigenvalue weighted by atomic mass is 35.7. The maximum absolute atomic E-state index is 12.1. The van der Waals surface area contributed by atoms with Gasteiger partial charge in [-0.2, -0.15) is 0 Å². The maximum Gasteiger partial charge on any atom is 0.261 e. The highest BCUT2D eigenvalue weighted by molar-refractivity contribution is 8.13. The number of hydrogen-bond acceptors (Lipinski definition) is 3. The van der Waals surface area contributed by atoms with Crippen LogP contribution in [0.2, 0.25) is 0 Å². The lowest BCUT2D eigenvalue weighted by molar-refractivity contribution is 0.0937. The second kappa shape index (κ2) is 7.80. The van der Waals surface area contributed by atoms with E-state index in [-0.39, 0.29) is 16.8 Å². The van der Waals surface area contributed by atoms with E-state index >= 15 is 0 Å². The molecular weight excluding hydrogens is 310 g/mol. The molecule has 6 heteroatoms. The summed E-state index contributed by atoms with van der Waals surface area (Å²) in [5, 5.41) is 2.88. The van der Waals surface area contributed by atoms with Crippen LogP contribution in [0.5, 0.6) is 0 Å². The van der Waals surface area contributed by atoms with E-state index in [4.69, 9.17) is 10.7 Å². The molecule has 0 aliphatic carbocycles. The van der Waals surface area contributed by atoms with Gasteiger partial charge in [-0.25, -0.2) is 8.42 Å². The third kappa shape index (κ3) is 5.67. The fraction of sp³-hybridized carbons (Fsp3) is 0.533. The van der Waals surface area contributed by atoms with Crippen LogP contribution in [-0.2, 0) is 9.05 Å². The zero-order chi connectivity index (χ0) is 16.0. The first kappa shape index (κ1) is 18.0. The second-order valence-corrected chi connectivity index (χ2v) is 7.82. The van der Waals surface area contributed by atoms with Crippen LogP contribution in [0.25, 0.3) is 0 Å². The molecule has 1 aromatic rings. The Kier molecular flexibility index (Phi) is 6.68. The van der Waals surface area contributed by atoms with Crippen molar-refractivity contribution in [2.24, 2.45) is 0 Å². The second-order valence-electron chi connectivity index (χ2n) is 5.29. The maximum atomic E-state index is 12.1. The number of carbonyl (C=O) groups is 1. The van der Waals surface area contributed by atoms with Gasteiger partial charge < -0.3 is 5.32 Å². The number of amides is 1. The summed E-state index contributed by atoms with van der Waals surface area (Å²) in [5.74, 6) is -0.277. The predicted octanol–water partition coefficient (Wildman–Crippen LogP) is 3.62. The molecule has 0 saturated heterocycles. The quantitative estimate of drug-likeness (QED) is 0.613. The summed E-state index contributed by atoms with van der Waals surface area (Å²) in [6, 6.07) is 4.58. The summed E-state index contributed by atoms with van der Waals surface area (Å²) in [6.07, 6.45) is 4.24. The van der Waals surface area contributed by atoms with Crippen LogP contribution >= 0.6 is 10.7 Å². The Labute approximate surface area is 131 Å². The Hall–Kier alpha value is -1.07. The zero-order valence-electron chi connectivity index (χ0n) is 12.6. The molecule has 0 aliphatic rings. The van der Waals surface area contributed by atoms with Crippen molar-refractivity contribution in [3.05, 3.63) is 29.3 Å². The van der Waals surface area contributed by atoms with Crippen molar-refractivity contribution < 1.29 is 13.2 Å². The van der Waals surface area contributed by atoms with Gasteiger partial charge in [-0.1, -0.05) is 32.3 Å². The molecule has 0 bridgehead atoms. The number of carbonyl (C=O) groups excluding carboxylic acids is 1. The van der Waals surface area contributed by atoms with E-state index < -0.39 is 9.05 Å². The molecule has 0 aromatic heterocycles. The van der Waals surface area contributed by atoms with Crippen molar-refractivity contribution in [1.29, 1.82) is 0 Å². The molecule has 0 heterocycles. The summed E-state index contributed by atoms with van der Waals surface area (Å²) in [6.45, 7) is 5.72. The van der Waals surface area contributed by atoms with E-state index in [9.17, 15) is 13.2 Å². The van der Waals surface area contributed by atoms with E-state index in [2.05, 4.69) is 12.2 Å². The number of nitrogens with one attached hydrogen (secondary N) is 1. The summed E-state index contributed by atoms with van der Waals surface area (Å²) in [4.78, 5) is 12.1. The van der Waals surface area contributed by atoms with Gasteiger partial charge in [0.05, 0.1) is 4.90 Å². The molecular formula is C15H22ClNO3S. The van der Waals surface area contributed by atoms with Gasteiger partial charge in [0.15, 0.2) is 0 Å². The number of aryl methyl sites for hydroxylation is 1. The topological polar surface area (TPSA) is 63.2 Å². The van der Waals surface area contributed by atoms with Crippen LogP contribution in [0.3, 0.4) is 0 Å². The first-order chi connectivity index (χ1) is 9.75. The van der Waals surface area contributed by atoms with E-state index in [1.807, 2.05) is 6.92 Å². The van der Waals surface area contributed by atoms with Crippen LogP contribution in [0, 0.1) is 6.92 Å². The Morgan fingerprint density at radius 3 is 2.57 bits per heavy atom. The molecule has 0 radical (unpaired) electrons. The summed E-state index contributed by atoms with van der Waals surface area (Å²) < 4.78 is 22.9. The van der Waals surface area contributed by atoms with Crippen molar-refractivity contribution in [3.63, 3.8) is 0 Å². The molecule has 1 N–H and O–H groups in total. The van der Waals surface area contributed by atoms with Crippen molar-refractivity contribution >= 4 is 25.6 Å². The number of hydrogen-bond donors (Lipinski definition) is 1. The first-order valence-corrected chi connectivity index (χ1v) is 9.42. The van der Waals surface area contributed by atoms with Gasteiger partial charge in [0, 0.05) is 22.3 Å². The van der Waals surface area contributed by atoms with Crippen molar-refractivity contribution in [2.45, 2.75) is 57.4 Å². The van der Waals surface area contributed by atoms with Crippen molar-refractivity contribution in [2.75, 3.05) is 0 Å². The van der Waals surface area contributed by atoms with Gasteiger partial charge in [0.1, 0.15) is 0 Å². The van der Waals surface area contributed by atoms with Crippen LogP contribution in [0.15, 0.2) is 23.1 Å². The van der Waals surface area contributed by atoms with Crippen LogP contribution in [-0.4, -0.2) is 20.4 Å². The van der Waals surface area contributed by atoms with Crippen LogP contribution < -0.4 is 5.32 Å². The van der Waals surface area contributed by atoms with E-state index in [1.165, 1.54) is 6.07 Å². The van der Waals surface area contributed by atoms with Gasteiger partial charge in [-0.15, -0.1) is 0 Å². The standard InChI is InChI=1S/C15H22ClNO3S/c1-4-5-6-7-12(3)17-15(18)13-9-8-11(2)14(10-13)21(16,19)20/h8-10,12H,4-7H2,1-3H3,(H,17,18). The zero-order valence-corrected chi connectivity index (χ0v) is 14.2. The van der Waals surface area contributed by atoms with Crippen molar-refractivity contribution in [1.82, 2.24) is 5.32 Å². The van der Waals surface area contributed by atoms with Gasteiger partial charge in [0.25, 0.3) is 15.0 Å². The third-order valence-electron chi connectivity index (χ3n) is 3.33. The highest BCUT2D eigenvalue weighted by Gasteiger charge is 2.17. The number of rotatable bonds is 7. The average Bonchev–Trinajstić information content (AvgIpc) is 2.38. The smallest absolute Gasteiger partial charge is 0.261 e. The molecule has 1 amide bonds. The molecule has 4 nitrogen and oxygen atoms in total. The minimum atomic E-state index is -3.84. The Morgan fingerprint density at radius 1 is 1.33 bits per heavy atom. The van der Waals surface area contributed by atoms with Crippen LogP contribution in [0.4, 0.5) is 0 Å². The Bertz CT molecular complexity index is 599. The molecule has 21 heavy (non-hydrogen) atoms. The average molecular weight is 332 g/mol. The Balaban J connectivity index is 2.80. The summed E-state index contributed by atoms with van der Waals surface area (Å²) in [7, 11) is 1.53. The van der Waals surface area contributed by atoms with Gasteiger partial charge in [0.2, 0.25) is 0 Å². The Morgan fingerprint density at radius 2 is 2.00 bits per heavy atom. The van der Waals surface area contributed by atoms with Crippen LogP contribution in [0.1, 0.15) is 55.5 Å². The fourth-order valence-corrected chi connectivity index (χ4v) is 3.30. The largest absolute Gasteiger partial charge is 0.350 e. The molecule has 1 atom stereocenters. The lowest BCUT2D eigenvalue weighted by atomic mass is 10.1. The number of unbranched alkanes of at least 4 members (excludes halogenated alkanes) is 2. The fourth-order valence-electron chi connectivity index (χ4n) is 2.08. The van der Waals surface area contributed by atoms with Gasteiger partial charge >= 0.3 is 0 Å². The molecule has 0 saturated carbocycles. The molecule has 1 aromatic carbocycles. The monoisotopic (exact) mass is 331 g/mol. The molecule has 1 unspecified atom stereocenters. The first-order valence-electron chi connectivity index (χ1n) is 7.12. The molecule has 118 valence electrons. The minimum absolute atomic E-state index is 0.0181. The number of halogens is 1. The molecule has 0 aliphatic heterocycles. The van der Waals surface area contributed by atoms with E-state index in [0.29, 0.717) is 11.1 Å². The predicted molar refractivity (Wildman–Crippen MR) is 85.3 cm³/mol. The van der Waals surface area contributed by atoms with Gasteiger partial charge in [-0.3, -0.25) is 4.79 Å².